The van der Waals surface area contributed by atoms with Crippen LogP contribution < -0.4 is 14.7 Å². The quantitative estimate of drug-likeness (QED) is 0.100. The summed E-state index contributed by atoms with van der Waals surface area (Å²) in [5.41, 5.74) is 24.0. The van der Waals surface area contributed by atoms with E-state index in [0.717, 1.165) is 34.9 Å². The SMILES string of the molecule is C[C@@H]1CC=C(N(c2ccc(-c3cccc4ccccc34)c3ccccc23)c2cccc3c2sc2ccccc23)c2sc3ccc(-c4ccc5c(c4)sc4c(N(c6ccc(-c7cc8ccccc8c8ccccc78)cc6)c6cccc7c6sc6cc(-c8ccc9sc%10c(N(c%11ccc(-c%12cccc%13ccccc%12%13)cc%11)c%11cccc%12c%11sc%11ccccc%11%12)cccc%10c9c8)ccc67)cccc45)cc3c21. The number of thiophene rings is 6. The van der Waals surface area contributed by atoms with E-state index in [2.05, 4.69) is 464 Å². The van der Waals surface area contributed by atoms with Crippen LogP contribution >= 0.6 is 68.0 Å². The number of anilines is 8. The summed E-state index contributed by atoms with van der Waals surface area (Å²) in [5.74, 6) is 0.292. The number of hydrogen-bond acceptors (Lipinski definition) is 9. The van der Waals surface area contributed by atoms with Crippen molar-refractivity contribution in [1.82, 2.24) is 0 Å². The fraction of sp³-hybridized carbons (Fsp3) is 0.0233. The van der Waals surface area contributed by atoms with Crippen LogP contribution in [0.5, 0.6) is 0 Å². The predicted octanol–water partition coefficient (Wildman–Crippen LogP) is 40.5. The minimum Gasteiger partial charge on any atom is -0.308 e. The van der Waals surface area contributed by atoms with E-state index in [1.54, 1.807) is 0 Å². The Morgan fingerprint density at radius 2 is 0.543 bits per heavy atom. The van der Waals surface area contributed by atoms with Gasteiger partial charge in [-0.05, 0) is 243 Å². The molecular weight excluding hydrogens is 1780 g/mol. The van der Waals surface area contributed by atoms with Gasteiger partial charge in [0.15, 0.2) is 0 Å². The fourth-order valence-corrected chi connectivity index (χ4v) is 30.1. The van der Waals surface area contributed by atoms with E-state index < -0.39 is 0 Å². The molecule has 0 radical (unpaired) electrons. The fourth-order valence-electron chi connectivity index (χ4n) is 22.6. The van der Waals surface area contributed by atoms with Crippen molar-refractivity contribution in [2.75, 3.05) is 14.7 Å². The van der Waals surface area contributed by atoms with Crippen LogP contribution in [0.3, 0.4) is 0 Å². The summed E-state index contributed by atoms with van der Waals surface area (Å²) >= 11 is 11.4. The number of benzene rings is 22. The molecule has 0 bridgehead atoms. The Bertz CT molecular complexity index is 10000. The number of allylic oxidation sites excluding steroid dienone is 1. The molecule has 0 unspecified atom stereocenters. The molecule has 3 nitrogen and oxygen atoms in total. The summed E-state index contributed by atoms with van der Waals surface area (Å²) < 4.78 is 14.0. The lowest BCUT2D eigenvalue weighted by atomic mass is 9.87. The van der Waals surface area contributed by atoms with Crippen LogP contribution in [-0.2, 0) is 0 Å². The zero-order valence-electron chi connectivity index (χ0n) is 74.7. The standard InChI is InChI=1S/C129H79N3S6/c1-76-51-67-116(132(115-48-21-40-103-99-36-13-15-50-118(99)134-127(103)115)110-68-66-96(94-32-10-11-34-97(94)110)93-38-17-27-78-24-3-6-29-90(78)93)129-123(76)109-72-82(59-70-120(109)136-129)84-57-65-101-105-42-20-46-113(126(105)138-122(101)75-84)131(87-62-54-80(55-63-87)107-73-85-25-4-7-30-91(85)92-31-8-9-33-95(92)107)112-45-19-41-104-100-64-56-83(74-121(100)137-125(104)112)81-58-69-119-108(71-81)106-43-22-47-114(128(106)135-119)130(111-44-18-39-102-98-35-12-14-49-117(98)133-124(102)111)86-60-52-79(53-61-86)89-37-16-26-77-23-2-5-28-88(77)89/h2-50,52-76H,51H2,1H3/t76-/m1/s1. The maximum atomic E-state index is 2.64. The van der Waals surface area contributed by atoms with Crippen LogP contribution in [0.1, 0.15) is 29.7 Å². The minimum absolute atomic E-state index is 0.292. The Hall–Kier alpha value is -15.7. The molecular formula is C129H79N3S6. The van der Waals surface area contributed by atoms with Gasteiger partial charge in [0.25, 0.3) is 0 Å². The first-order valence-corrected chi connectivity index (χ1v) is 52.2. The van der Waals surface area contributed by atoms with Gasteiger partial charge >= 0.3 is 0 Å². The van der Waals surface area contributed by atoms with Gasteiger partial charge in [0.2, 0.25) is 0 Å². The van der Waals surface area contributed by atoms with Crippen molar-refractivity contribution in [3.05, 3.63) is 453 Å². The average Bonchev–Trinajstić information content (AvgIpc) is 1.48. The molecule has 0 saturated carbocycles. The number of fused-ring (bicyclic) bond motifs is 24. The van der Waals surface area contributed by atoms with E-state index in [0.29, 0.717) is 5.92 Å². The molecule has 0 amide bonds. The van der Waals surface area contributed by atoms with Crippen LogP contribution in [-0.4, -0.2) is 0 Å². The summed E-state index contributed by atoms with van der Waals surface area (Å²) in [7, 11) is 0. The van der Waals surface area contributed by atoms with Gasteiger partial charge in [0.05, 0.1) is 68.2 Å². The van der Waals surface area contributed by atoms with Gasteiger partial charge in [0.1, 0.15) is 0 Å². The third-order valence-electron chi connectivity index (χ3n) is 29.1. The Morgan fingerprint density at radius 1 is 0.196 bits per heavy atom. The highest BCUT2D eigenvalue weighted by molar-refractivity contribution is 7.28. The van der Waals surface area contributed by atoms with Gasteiger partial charge < -0.3 is 14.7 Å². The second-order valence-electron chi connectivity index (χ2n) is 36.7. The molecule has 646 valence electrons. The summed E-state index contributed by atoms with van der Waals surface area (Å²) in [5, 5.41) is 26.4. The van der Waals surface area contributed by atoms with Crippen molar-refractivity contribution < 1.29 is 0 Å². The van der Waals surface area contributed by atoms with Crippen molar-refractivity contribution in [2.24, 2.45) is 0 Å². The molecule has 29 rings (SSSR count). The second kappa shape index (κ2) is 31.7. The van der Waals surface area contributed by atoms with Gasteiger partial charge in [-0.15, -0.1) is 68.0 Å². The number of hydrogen-bond donors (Lipinski definition) is 0. The average molecular weight is 1860 g/mol. The van der Waals surface area contributed by atoms with Crippen LogP contribution in [0.15, 0.2) is 443 Å². The Kier molecular flexibility index (Phi) is 18.3. The lowest BCUT2D eigenvalue weighted by molar-refractivity contribution is 0.777. The third-order valence-corrected chi connectivity index (χ3v) is 36.3. The molecule has 9 heteroatoms. The lowest BCUT2D eigenvalue weighted by Gasteiger charge is -2.33. The molecule has 0 saturated heterocycles. The lowest BCUT2D eigenvalue weighted by Crippen LogP contribution is -2.19. The summed E-state index contributed by atoms with van der Waals surface area (Å²) in [6.07, 6.45) is 3.46. The molecule has 1 aliphatic rings. The molecule has 28 aromatic rings. The predicted molar refractivity (Wildman–Crippen MR) is 606 cm³/mol. The first-order valence-electron chi connectivity index (χ1n) is 47.3. The maximum Gasteiger partial charge on any atom is 0.0641 e. The van der Waals surface area contributed by atoms with Crippen LogP contribution in [0.25, 0.3) is 226 Å². The Labute approximate surface area is 819 Å². The Morgan fingerprint density at radius 3 is 1.08 bits per heavy atom. The monoisotopic (exact) mass is 1860 g/mol. The van der Waals surface area contributed by atoms with E-state index in [-0.39, 0.29) is 0 Å². The minimum atomic E-state index is 0.292. The summed E-state index contributed by atoms with van der Waals surface area (Å²) in [6, 6.07) is 165. The molecule has 0 N–H and O–H groups in total. The van der Waals surface area contributed by atoms with Gasteiger partial charge in [-0.25, -0.2) is 0 Å². The van der Waals surface area contributed by atoms with Crippen LogP contribution in [0, 0.1) is 0 Å². The van der Waals surface area contributed by atoms with Crippen molar-refractivity contribution in [2.45, 2.75) is 19.3 Å². The van der Waals surface area contributed by atoms with E-state index in [9.17, 15) is 0 Å². The molecule has 6 heterocycles. The molecule has 1 atom stereocenters. The molecule has 1 aliphatic carbocycles. The number of nitrogens with zero attached hydrogens (tertiary/aromatic N) is 3. The first kappa shape index (κ1) is 79.7. The molecule has 6 aromatic heterocycles. The highest BCUT2D eigenvalue weighted by Crippen LogP contribution is 2.58. The summed E-state index contributed by atoms with van der Waals surface area (Å²) in [6.45, 7) is 2.44. The molecule has 0 fully saturated rings. The van der Waals surface area contributed by atoms with Gasteiger partial charge in [-0.2, -0.15) is 0 Å². The normalized spacial score (nSPS) is 13.1. The largest absolute Gasteiger partial charge is 0.308 e. The van der Waals surface area contributed by atoms with Crippen LogP contribution in [0.4, 0.5) is 45.5 Å². The molecule has 0 aliphatic heterocycles. The molecule has 0 spiro atoms. The highest BCUT2D eigenvalue weighted by Gasteiger charge is 2.33. The first-order chi connectivity index (χ1) is 68.3. The zero-order chi connectivity index (χ0) is 90.5. The third kappa shape index (κ3) is 12.6. The van der Waals surface area contributed by atoms with Crippen LogP contribution in [0.2, 0.25) is 0 Å². The smallest absolute Gasteiger partial charge is 0.0641 e. The van der Waals surface area contributed by atoms with E-state index in [4.69, 9.17) is 0 Å². The van der Waals surface area contributed by atoms with Crippen molar-refractivity contribution >= 4 is 284 Å². The second-order valence-corrected chi connectivity index (χ2v) is 43.0. The van der Waals surface area contributed by atoms with E-state index in [1.165, 1.54) is 254 Å². The highest BCUT2D eigenvalue weighted by atomic mass is 32.1. The maximum absolute atomic E-state index is 2.64. The Balaban J connectivity index is 0.544. The topological polar surface area (TPSA) is 9.72 Å². The van der Waals surface area contributed by atoms with Gasteiger partial charge in [-0.3, -0.25) is 0 Å². The molecule has 22 aromatic carbocycles. The van der Waals surface area contributed by atoms with Crippen molar-refractivity contribution in [1.29, 1.82) is 0 Å². The number of rotatable bonds is 14. The summed E-state index contributed by atoms with van der Waals surface area (Å²) in [4.78, 5) is 9.07. The zero-order valence-corrected chi connectivity index (χ0v) is 79.6. The van der Waals surface area contributed by atoms with Gasteiger partial charge in [-0.1, -0.05) is 335 Å². The van der Waals surface area contributed by atoms with Crippen molar-refractivity contribution in [3.8, 4) is 55.6 Å². The van der Waals surface area contributed by atoms with E-state index in [1.807, 2.05) is 68.0 Å². The molecule has 138 heavy (non-hydrogen) atoms. The van der Waals surface area contributed by atoms with E-state index >= 15 is 0 Å². The van der Waals surface area contributed by atoms with Crippen molar-refractivity contribution in [3.63, 3.8) is 0 Å². The van der Waals surface area contributed by atoms with Gasteiger partial charge in [0, 0.05) is 98.8 Å².